The SMILES string of the molecule is C[C@H]1CC[C@@]23O[C@@]4(O)C[C@@]12[C@@H](O)C(=O)OC[C@]3(C)[C@@]4(C)O. The van der Waals surface area contributed by atoms with Gasteiger partial charge in [0, 0.05) is 11.8 Å². The molecular weight excluding hydrogens is 276 g/mol. The lowest BCUT2D eigenvalue weighted by Gasteiger charge is -2.55. The Hall–Kier alpha value is -0.690. The Morgan fingerprint density at radius 1 is 1.29 bits per heavy atom. The summed E-state index contributed by atoms with van der Waals surface area (Å²) in [6, 6.07) is 0. The molecule has 2 bridgehead atoms. The van der Waals surface area contributed by atoms with Crippen molar-refractivity contribution >= 4 is 5.97 Å². The lowest BCUT2D eigenvalue weighted by atomic mass is 9.47. The summed E-state index contributed by atoms with van der Waals surface area (Å²) in [5.74, 6) is -2.43. The van der Waals surface area contributed by atoms with Gasteiger partial charge in [-0.3, -0.25) is 0 Å². The molecule has 7 atom stereocenters. The van der Waals surface area contributed by atoms with Crippen molar-refractivity contribution in [1.29, 1.82) is 0 Å². The summed E-state index contributed by atoms with van der Waals surface area (Å²) in [6.45, 7) is 5.24. The molecule has 3 heterocycles. The molecule has 4 aliphatic rings. The molecule has 6 nitrogen and oxygen atoms in total. The molecule has 118 valence electrons. The van der Waals surface area contributed by atoms with Crippen molar-refractivity contribution in [3.63, 3.8) is 0 Å². The van der Waals surface area contributed by atoms with Crippen LogP contribution in [-0.2, 0) is 14.3 Å². The van der Waals surface area contributed by atoms with E-state index in [4.69, 9.17) is 9.47 Å². The fourth-order valence-electron chi connectivity index (χ4n) is 5.84. The largest absolute Gasteiger partial charge is 0.463 e. The summed E-state index contributed by atoms with van der Waals surface area (Å²) in [7, 11) is 0. The molecule has 21 heavy (non-hydrogen) atoms. The van der Waals surface area contributed by atoms with Gasteiger partial charge in [0.2, 0.25) is 0 Å². The van der Waals surface area contributed by atoms with Gasteiger partial charge in [0.15, 0.2) is 11.9 Å². The summed E-state index contributed by atoms with van der Waals surface area (Å²) in [5, 5.41) is 32.6. The number of aliphatic hydroxyl groups excluding tert-OH is 1. The lowest BCUT2D eigenvalue weighted by molar-refractivity contribution is -0.257. The van der Waals surface area contributed by atoms with Gasteiger partial charge >= 0.3 is 5.97 Å². The molecule has 0 radical (unpaired) electrons. The summed E-state index contributed by atoms with van der Waals surface area (Å²) >= 11 is 0. The van der Waals surface area contributed by atoms with Gasteiger partial charge in [-0.05, 0) is 25.7 Å². The molecule has 6 heteroatoms. The van der Waals surface area contributed by atoms with Crippen LogP contribution < -0.4 is 0 Å². The van der Waals surface area contributed by atoms with Gasteiger partial charge in [0.25, 0.3) is 0 Å². The molecule has 3 aliphatic heterocycles. The van der Waals surface area contributed by atoms with E-state index < -0.39 is 39.9 Å². The van der Waals surface area contributed by atoms with Crippen LogP contribution >= 0.6 is 0 Å². The molecule has 3 saturated heterocycles. The van der Waals surface area contributed by atoms with Crippen molar-refractivity contribution in [1.82, 2.24) is 0 Å². The van der Waals surface area contributed by atoms with Crippen LogP contribution in [0, 0.1) is 16.7 Å². The number of rotatable bonds is 0. The van der Waals surface area contributed by atoms with Gasteiger partial charge in [-0.25, -0.2) is 4.79 Å². The maximum absolute atomic E-state index is 12.2. The van der Waals surface area contributed by atoms with E-state index in [0.29, 0.717) is 6.42 Å². The first kappa shape index (κ1) is 13.9. The van der Waals surface area contributed by atoms with E-state index in [1.165, 1.54) is 0 Å². The van der Waals surface area contributed by atoms with Gasteiger partial charge in [0.1, 0.15) is 12.2 Å². The molecule has 3 N–H and O–H groups in total. The number of hydrogen-bond acceptors (Lipinski definition) is 6. The Morgan fingerprint density at radius 3 is 2.62 bits per heavy atom. The second kappa shape index (κ2) is 3.30. The summed E-state index contributed by atoms with van der Waals surface area (Å²) in [4.78, 5) is 12.2. The highest BCUT2D eigenvalue weighted by atomic mass is 16.7. The number of esters is 1. The minimum absolute atomic E-state index is 0.00241. The Bertz CT molecular complexity index is 546. The molecule has 1 spiro atoms. The Balaban J connectivity index is 2.05. The highest BCUT2D eigenvalue weighted by molar-refractivity contribution is 5.77. The highest BCUT2D eigenvalue weighted by Gasteiger charge is 2.90. The van der Waals surface area contributed by atoms with Crippen LogP contribution in [0.15, 0.2) is 0 Å². The van der Waals surface area contributed by atoms with Gasteiger partial charge in [-0.15, -0.1) is 0 Å². The fourth-order valence-corrected chi connectivity index (χ4v) is 5.84. The van der Waals surface area contributed by atoms with E-state index in [0.717, 1.165) is 6.42 Å². The van der Waals surface area contributed by atoms with E-state index in [1.807, 2.05) is 6.92 Å². The second-order valence-electron chi connectivity index (χ2n) is 7.78. The quantitative estimate of drug-likeness (QED) is 0.542. The van der Waals surface area contributed by atoms with Crippen LogP contribution in [0.3, 0.4) is 0 Å². The van der Waals surface area contributed by atoms with Crippen molar-refractivity contribution in [2.45, 2.75) is 63.1 Å². The lowest BCUT2D eigenvalue weighted by Crippen LogP contribution is -2.69. The number of aliphatic hydroxyl groups is 3. The monoisotopic (exact) mass is 298 g/mol. The van der Waals surface area contributed by atoms with E-state index in [9.17, 15) is 20.1 Å². The van der Waals surface area contributed by atoms with Gasteiger partial charge in [0.05, 0.1) is 11.0 Å². The topological polar surface area (TPSA) is 96.2 Å². The molecule has 0 aromatic carbocycles. The third-order valence-electron chi connectivity index (χ3n) is 7.38. The average molecular weight is 298 g/mol. The highest BCUT2D eigenvalue weighted by Crippen LogP contribution is 2.79. The van der Waals surface area contributed by atoms with Crippen molar-refractivity contribution in [3.05, 3.63) is 0 Å². The van der Waals surface area contributed by atoms with Crippen LogP contribution in [0.2, 0.25) is 0 Å². The zero-order chi connectivity index (χ0) is 15.5. The third kappa shape index (κ3) is 1.02. The predicted molar refractivity (Wildman–Crippen MR) is 69.9 cm³/mol. The Morgan fingerprint density at radius 2 is 1.95 bits per heavy atom. The molecule has 1 saturated carbocycles. The Kier molecular flexibility index (Phi) is 2.19. The van der Waals surface area contributed by atoms with E-state index >= 15 is 0 Å². The van der Waals surface area contributed by atoms with E-state index in [2.05, 4.69) is 0 Å². The minimum atomic E-state index is -1.76. The van der Waals surface area contributed by atoms with Crippen molar-refractivity contribution in [2.24, 2.45) is 16.7 Å². The first-order valence-electron chi connectivity index (χ1n) is 7.58. The van der Waals surface area contributed by atoms with Crippen LogP contribution in [-0.4, -0.2) is 51.0 Å². The predicted octanol–water partition coefficient (Wildman–Crippen LogP) is -0.0610. The number of carbonyl (C=O) groups is 1. The first-order valence-corrected chi connectivity index (χ1v) is 7.58. The van der Waals surface area contributed by atoms with E-state index in [1.54, 1.807) is 13.8 Å². The zero-order valence-corrected chi connectivity index (χ0v) is 12.5. The van der Waals surface area contributed by atoms with Crippen LogP contribution in [0.25, 0.3) is 0 Å². The van der Waals surface area contributed by atoms with Crippen LogP contribution in [0.4, 0.5) is 0 Å². The number of fused-ring (bicyclic) bond motifs is 1. The molecule has 4 fully saturated rings. The number of carbonyl (C=O) groups excluding carboxylic acids is 1. The van der Waals surface area contributed by atoms with Crippen molar-refractivity contribution < 1.29 is 29.6 Å². The molecule has 0 amide bonds. The maximum Gasteiger partial charge on any atom is 0.335 e. The summed E-state index contributed by atoms with van der Waals surface area (Å²) in [5.41, 5.74) is -4.33. The van der Waals surface area contributed by atoms with Crippen molar-refractivity contribution in [2.75, 3.05) is 6.61 Å². The first-order chi connectivity index (χ1) is 9.58. The third-order valence-corrected chi connectivity index (χ3v) is 7.38. The molecule has 1 aliphatic carbocycles. The zero-order valence-electron chi connectivity index (χ0n) is 12.5. The van der Waals surface area contributed by atoms with Crippen LogP contribution in [0.1, 0.15) is 40.0 Å². The normalized spacial score (nSPS) is 65.1. The standard InChI is InChI=1S/C15H22O6/c1-8-4-5-14-11(2)7-20-10(17)9(16)13(8,14)6-15(19,21-14)12(11,3)18/h8-9,16,18-19H,4-7H2,1-3H3/t8-,9-,11+,12+,13-,14-,15-/m0/s1. The number of hydrogen-bond donors (Lipinski definition) is 3. The molecule has 0 aromatic rings. The summed E-state index contributed by atoms with van der Waals surface area (Å²) in [6.07, 6.45) is 0.102. The van der Waals surface area contributed by atoms with E-state index in [-0.39, 0.29) is 18.9 Å². The van der Waals surface area contributed by atoms with Gasteiger partial charge in [-0.1, -0.05) is 13.8 Å². The van der Waals surface area contributed by atoms with Crippen molar-refractivity contribution in [3.8, 4) is 0 Å². The number of cyclic esters (lactones) is 1. The molecule has 4 rings (SSSR count). The molecule has 0 unspecified atom stereocenters. The molecular formula is C15H22O6. The number of ether oxygens (including phenoxy) is 2. The minimum Gasteiger partial charge on any atom is -0.463 e. The summed E-state index contributed by atoms with van der Waals surface area (Å²) < 4.78 is 11.3. The van der Waals surface area contributed by atoms with Crippen LogP contribution in [0.5, 0.6) is 0 Å². The fraction of sp³-hybridized carbons (Fsp3) is 0.933. The van der Waals surface area contributed by atoms with Gasteiger partial charge < -0.3 is 24.8 Å². The second-order valence-corrected chi connectivity index (χ2v) is 7.78. The maximum atomic E-state index is 12.2. The Labute approximate surface area is 123 Å². The van der Waals surface area contributed by atoms with Gasteiger partial charge in [-0.2, -0.15) is 0 Å². The average Bonchev–Trinajstić information content (AvgIpc) is 2.88. The smallest absolute Gasteiger partial charge is 0.335 e. The molecule has 0 aromatic heterocycles.